The molecule has 1 aromatic carbocycles. The van der Waals surface area contributed by atoms with Gasteiger partial charge >= 0.3 is 6.03 Å². The Morgan fingerprint density at radius 3 is 2.84 bits per heavy atom. The minimum atomic E-state index is -0.642. The second-order valence-electron chi connectivity index (χ2n) is 5.57. The van der Waals surface area contributed by atoms with Gasteiger partial charge in [0.1, 0.15) is 11.4 Å². The molecule has 25 heavy (non-hydrogen) atoms. The van der Waals surface area contributed by atoms with E-state index in [1.165, 1.54) is 22.2 Å². The Bertz CT molecular complexity index is 1020. The van der Waals surface area contributed by atoms with Crippen LogP contribution in [-0.2, 0) is 11.3 Å². The lowest BCUT2D eigenvalue weighted by Crippen LogP contribution is -2.38. The number of carbonyl (C=O) groups excluding carboxylic acids is 2. The van der Waals surface area contributed by atoms with E-state index in [0.717, 1.165) is 11.1 Å². The first kappa shape index (κ1) is 16.8. The third-order valence-electron chi connectivity index (χ3n) is 3.87. The minimum Gasteiger partial charge on any atom is -0.307 e. The lowest BCUT2D eigenvalue weighted by molar-refractivity contribution is -0.120. The van der Waals surface area contributed by atoms with Crippen LogP contribution in [0.1, 0.15) is 11.1 Å². The van der Waals surface area contributed by atoms with Crippen molar-refractivity contribution in [2.45, 2.75) is 20.4 Å². The molecule has 2 heterocycles. The van der Waals surface area contributed by atoms with Crippen molar-refractivity contribution in [3.63, 3.8) is 0 Å². The molecule has 128 valence electrons. The number of imide groups is 1. The van der Waals surface area contributed by atoms with Crippen LogP contribution in [-0.4, -0.2) is 21.5 Å². The van der Waals surface area contributed by atoms with Crippen LogP contribution in [0.3, 0.4) is 0 Å². The van der Waals surface area contributed by atoms with E-state index in [4.69, 9.17) is 0 Å². The van der Waals surface area contributed by atoms with Crippen molar-refractivity contribution < 1.29 is 9.59 Å². The molecule has 7 nitrogen and oxygen atoms in total. The molecule has 3 amide bonds. The maximum absolute atomic E-state index is 12.2. The Kier molecular flexibility index (Phi) is 4.62. The van der Waals surface area contributed by atoms with E-state index in [1.807, 2.05) is 26.0 Å². The SMILES string of the molecule is Cc1cccc(NC(=O)NC(=O)Cn2cnc3sccc3c2=O)c1C. The van der Waals surface area contributed by atoms with Gasteiger partial charge in [-0.3, -0.25) is 19.5 Å². The molecular weight excluding hydrogens is 340 g/mol. The van der Waals surface area contributed by atoms with E-state index in [2.05, 4.69) is 15.6 Å². The second kappa shape index (κ2) is 6.86. The lowest BCUT2D eigenvalue weighted by atomic mass is 10.1. The van der Waals surface area contributed by atoms with Crippen molar-refractivity contribution >= 4 is 39.2 Å². The van der Waals surface area contributed by atoms with Crippen molar-refractivity contribution in [3.8, 4) is 0 Å². The molecule has 3 aromatic rings. The summed E-state index contributed by atoms with van der Waals surface area (Å²) >= 11 is 1.35. The predicted octanol–water partition coefficient (Wildman–Crippen LogP) is 2.42. The summed E-state index contributed by atoms with van der Waals surface area (Å²) in [5.74, 6) is -0.596. The van der Waals surface area contributed by atoms with Gasteiger partial charge < -0.3 is 5.32 Å². The smallest absolute Gasteiger partial charge is 0.307 e. The maximum Gasteiger partial charge on any atom is 0.325 e. The number of nitrogens with zero attached hydrogens (tertiary/aromatic N) is 2. The van der Waals surface area contributed by atoms with Gasteiger partial charge in [-0.15, -0.1) is 11.3 Å². The van der Waals surface area contributed by atoms with E-state index in [1.54, 1.807) is 17.5 Å². The molecule has 0 saturated carbocycles. The number of anilines is 1. The Labute approximate surface area is 147 Å². The number of amides is 3. The van der Waals surface area contributed by atoms with Crippen LogP contribution < -0.4 is 16.2 Å². The highest BCUT2D eigenvalue weighted by Crippen LogP contribution is 2.17. The molecule has 8 heteroatoms. The minimum absolute atomic E-state index is 0.280. The van der Waals surface area contributed by atoms with Crippen LogP contribution in [0.5, 0.6) is 0 Å². The fourth-order valence-electron chi connectivity index (χ4n) is 2.37. The highest BCUT2D eigenvalue weighted by Gasteiger charge is 2.12. The van der Waals surface area contributed by atoms with Crippen molar-refractivity contribution in [3.05, 3.63) is 57.5 Å². The normalized spacial score (nSPS) is 10.6. The van der Waals surface area contributed by atoms with Crippen LogP contribution in [0, 0.1) is 13.8 Å². The zero-order valence-corrected chi connectivity index (χ0v) is 14.5. The third-order valence-corrected chi connectivity index (χ3v) is 4.69. The molecule has 0 saturated heterocycles. The molecular formula is C17H16N4O3S. The molecule has 0 aliphatic carbocycles. The van der Waals surface area contributed by atoms with E-state index in [0.29, 0.717) is 15.9 Å². The lowest BCUT2D eigenvalue weighted by Gasteiger charge is -2.11. The number of nitrogens with one attached hydrogen (secondary N) is 2. The molecule has 2 N–H and O–H groups in total. The van der Waals surface area contributed by atoms with Crippen molar-refractivity contribution in [2.75, 3.05) is 5.32 Å². The largest absolute Gasteiger partial charge is 0.325 e. The summed E-state index contributed by atoms with van der Waals surface area (Å²) in [4.78, 5) is 41.0. The summed E-state index contributed by atoms with van der Waals surface area (Å²) in [5.41, 5.74) is 2.28. The van der Waals surface area contributed by atoms with Gasteiger partial charge in [0.05, 0.1) is 11.7 Å². The monoisotopic (exact) mass is 356 g/mol. The van der Waals surface area contributed by atoms with Gasteiger partial charge in [0.15, 0.2) is 0 Å². The molecule has 0 aliphatic heterocycles. The number of carbonyl (C=O) groups is 2. The zero-order chi connectivity index (χ0) is 18.0. The average Bonchev–Trinajstić information content (AvgIpc) is 3.04. The summed E-state index contributed by atoms with van der Waals surface area (Å²) in [6.07, 6.45) is 1.31. The van der Waals surface area contributed by atoms with Gasteiger partial charge in [0, 0.05) is 5.69 Å². The first-order valence-corrected chi connectivity index (χ1v) is 8.43. The van der Waals surface area contributed by atoms with Gasteiger partial charge in [0.25, 0.3) is 5.56 Å². The first-order valence-electron chi connectivity index (χ1n) is 7.55. The van der Waals surface area contributed by atoms with Crippen molar-refractivity contribution in [2.24, 2.45) is 0 Å². The number of thiophene rings is 1. The van der Waals surface area contributed by atoms with E-state index >= 15 is 0 Å². The Balaban J connectivity index is 1.67. The van der Waals surface area contributed by atoms with Crippen LogP contribution in [0.2, 0.25) is 0 Å². The quantitative estimate of drug-likeness (QED) is 0.754. The number of fused-ring (bicyclic) bond motifs is 1. The summed E-state index contributed by atoms with van der Waals surface area (Å²) in [5, 5.41) is 7.08. The topological polar surface area (TPSA) is 93.1 Å². The third kappa shape index (κ3) is 3.58. The van der Waals surface area contributed by atoms with Gasteiger partial charge in [-0.2, -0.15) is 0 Å². The predicted molar refractivity (Wildman–Crippen MR) is 97.0 cm³/mol. The molecule has 0 radical (unpaired) electrons. The fraction of sp³-hybridized carbons (Fsp3) is 0.176. The van der Waals surface area contributed by atoms with Crippen LogP contribution in [0.25, 0.3) is 10.2 Å². The molecule has 0 fully saturated rings. The number of urea groups is 1. The first-order chi connectivity index (χ1) is 12.0. The van der Waals surface area contributed by atoms with Gasteiger partial charge in [0.2, 0.25) is 5.91 Å². The fourth-order valence-corrected chi connectivity index (χ4v) is 3.09. The Morgan fingerprint density at radius 1 is 1.24 bits per heavy atom. The zero-order valence-electron chi connectivity index (χ0n) is 13.7. The second-order valence-corrected chi connectivity index (χ2v) is 6.46. The number of benzene rings is 1. The van der Waals surface area contributed by atoms with E-state index < -0.39 is 11.9 Å². The standard InChI is InChI=1S/C17H16N4O3S/c1-10-4-3-5-13(11(10)2)19-17(24)20-14(22)8-21-9-18-15-12(16(21)23)6-7-25-15/h3-7,9H,8H2,1-2H3,(H2,19,20,22,24). The molecule has 0 unspecified atom stereocenters. The van der Waals surface area contributed by atoms with Crippen LogP contribution >= 0.6 is 11.3 Å². The summed E-state index contributed by atoms with van der Waals surface area (Å²) in [6.45, 7) is 3.54. The number of hydrogen-bond donors (Lipinski definition) is 2. The maximum atomic E-state index is 12.2. The van der Waals surface area contributed by atoms with Gasteiger partial charge in [-0.25, -0.2) is 9.78 Å². The number of aryl methyl sites for hydroxylation is 1. The van der Waals surface area contributed by atoms with Crippen LogP contribution in [0.4, 0.5) is 10.5 Å². The molecule has 2 aromatic heterocycles. The molecule has 0 aliphatic rings. The van der Waals surface area contributed by atoms with Crippen molar-refractivity contribution in [1.29, 1.82) is 0 Å². The highest BCUT2D eigenvalue weighted by molar-refractivity contribution is 7.16. The molecule has 0 bridgehead atoms. The molecule has 0 spiro atoms. The molecule has 0 atom stereocenters. The van der Waals surface area contributed by atoms with Gasteiger partial charge in [-0.05, 0) is 42.5 Å². The molecule has 3 rings (SSSR count). The summed E-state index contributed by atoms with van der Waals surface area (Å²) in [7, 11) is 0. The van der Waals surface area contributed by atoms with Gasteiger partial charge in [-0.1, -0.05) is 12.1 Å². The van der Waals surface area contributed by atoms with E-state index in [-0.39, 0.29) is 12.1 Å². The van der Waals surface area contributed by atoms with E-state index in [9.17, 15) is 14.4 Å². The van der Waals surface area contributed by atoms with Crippen LogP contribution in [0.15, 0.2) is 40.8 Å². The summed E-state index contributed by atoms with van der Waals surface area (Å²) in [6, 6.07) is 6.53. The Hall–Kier alpha value is -3.00. The highest BCUT2D eigenvalue weighted by atomic mass is 32.1. The number of aromatic nitrogens is 2. The average molecular weight is 356 g/mol. The van der Waals surface area contributed by atoms with Crippen molar-refractivity contribution in [1.82, 2.24) is 14.9 Å². The number of hydrogen-bond acceptors (Lipinski definition) is 5. The number of rotatable bonds is 3. The Morgan fingerprint density at radius 2 is 2.04 bits per heavy atom. The summed E-state index contributed by atoms with van der Waals surface area (Å²) < 4.78 is 1.18.